The van der Waals surface area contributed by atoms with Gasteiger partial charge in [-0.05, 0) is 47.5 Å². The van der Waals surface area contributed by atoms with Crippen LogP contribution in [0, 0.1) is 0 Å². The third kappa shape index (κ3) is 10.1. The molecule has 0 aliphatic rings. The number of aliphatic carboxylic acids is 1. The van der Waals surface area contributed by atoms with E-state index in [2.05, 4.69) is 43.2 Å². The summed E-state index contributed by atoms with van der Waals surface area (Å²) in [5, 5.41) is 14.2. The van der Waals surface area contributed by atoms with Gasteiger partial charge in [0.15, 0.2) is 0 Å². The second-order valence-electron chi connectivity index (χ2n) is 6.01. The van der Waals surface area contributed by atoms with Crippen molar-refractivity contribution in [1.29, 1.82) is 0 Å². The standard InChI is InChI=1S/C15H31N3O3/c1-11(2)18(12(3)4)10-9-16-15(21)17-13(5)7-6-8-14(19)20/h11-13H,6-10H2,1-5H3,(H,19,20)(H2,16,17,21). The van der Waals surface area contributed by atoms with Crippen LogP contribution in [0.15, 0.2) is 0 Å². The zero-order valence-electron chi connectivity index (χ0n) is 14.0. The molecule has 1 unspecified atom stereocenters. The predicted octanol–water partition coefficient (Wildman–Crippen LogP) is 2.05. The minimum absolute atomic E-state index is 0.0179. The predicted molar refractivity (Wildman–Crippen MR) is 84.5 cm³/mol. The molecule has 0 rings (SSSR count). The molecule has 0 aliphatic heterocycles. The van der Waals surface area contributed by atoms with Gasteiger partial charge in [-0.2, -0.15) is 0 Å². The van der Waals surface area contributed by atoms with Crippen LogP contribution in [0.5, 0.6) is 0 Å². The smallest absolute Gasteiger partial charge is 0.315 e. The summed E-state index contributed by atoms with van der Waals surface area (Å²) in [4.78, 5) is 24.4. The molecule has 0 radical (unpaired) electrons. The molecule has 6 nitrogen and oxygen atoms in total. The topological polar surface area (TPSA) is 81.7 Å². The first-order valence-corrected chi connectivity index (χ1v) is 7.76. The van der Waals surface area contributed by atoms with Gasteiger partial charge >= 0.3 is 12.0 Å². The Labute approximate surface area is 128 Å². The van der Waals surface area contributed by atoms with E-state index in [0.717, 1.165) is 6.54 Å². The van der Waals surface area contributed by atoms with Crippen LogP contribution in [0.2, 0.25) is 0 Å². The van der Waals surface area contributed by atoms with E-state index in [1.165, 1.54) is 0 Å². The first-order chi connectivity index (χ1) is 9.73. The van der Waals surface area contributed by atoms with Crippen LogP contribution < -0.4 is 10.6 Å². The van der Waals surface area contributed by atoms with E-state index < -0.39 is 5.97 Å². The Hall–Kier alpha value is -1.30. The number of rotatable bonds is 10. The first kappa shape index (κ1) is 19.7. The zero-order chi connectivity index (χ0) is 16.4. The normalized spacial score (nSPS) is 12.8. The van der Waals surface area contributed by atoms with Gasteiger partial charge in [0.1, 0.15) is 0 Å². The number of carbonyl (C=O) groups excluding carboxylic acids is 1. The van der Waals surface area contributed by atoms with E-state index in [1.807, 2.05) is 6.92 Å². The number of nitrogens with zero attached hydrogens (tertiary/aromatic N) is 1. The minimum Gasteiger partial charge on any atom is -0.481 e. The van der Waals surface area contributed by atoms with Crippen LogP contribution in [-0.4, -0.2) is 53.2 Å². The van der Waals surface area contributed by atoms with Gasteiger partial charge in [-0.1, -0.05) is 0 Å². The maximum atomic E-state index is 11.7. The molecule has 0 aromatic rings. The molecule has 124 valence electrons. The third-order valence-corrected chi connectivity index (χ3v) is 3.39. The average Bonchev–Trinajstić information content (AvgIpc) is 2.32. The summed E-state index contributed by atoms with van der Waals surface area (Å²) in [6, 6.07) is 0.690. The highest BCUT2D eigenvalue weighted by Crippen LogP contribution is 2.03. The molecule has 3 N–H and O–H groups in total. The van der Waals surface area contributed by atoms with E-state index in [0.29, 0.717) is 31.5 Å². The molecule has 0 bridgehead atoms. The van der Waals surface area contributed by atoms with Crippen LogP contribution in [0.1, 0.15) is 53.9 Å². The molecule has 0 saturated carbocycles. The molecule has 0 saturated heterocycles. The summed E-state index contributed by atoms with van der Waals surface area (Å²) in [5.41, 5.74) is 0. The van der Waals surface area contributed by atoms with Gasteiger partial charge in [0.05, 0.1) is 0 Å². The number of hydrogen-bond donors (Lipinski definition) is 3. The third-order valence-electron chi connectivity index (χ3n) is 3.39. The molecule has 0 aromatic carbocycles. The molecule has 0 aliphatic carbocycles. The van der Waals surface area contributed by atoms with Gasteiger partial charge in [-0.25, -0.2) is 4.79 Å². The maximum absolute atomic E-state index is 11.7. The summed E-state index contributed by atoms with van der Waals surface area (Å²) in [6.07, 6.45) is 1.39. The zero-order valence-corrected chi connectivity index (χ0v) is 14.0. The van der Waals surface area contributed by atoms with Gasteiger partial charge in [0.25, 0.3) is 0 Å². The summed E-state index contributed by atoms with van der Waals surface area (Å²) in [5.74, 6) is -0.797. The Balaban J connectivity index is 3.86. The lowest BCUT2D eigenvalue weighted by Gasteiger charge is -2.30. The number of hydrogen-bond acceptors (Lipinski definition) is 3. The Bertz CT molecular complexity index is 311. The maximum Gasteiger partial charge on any atom is 0.315 e. The van der Waals surface area contributed by atoms with Crippen molar-refractivity contribution in [3.63, 3.8) is 0 Å². The van der Waals surface area contributed by atoms with E-state index in [1.54, 1.807) is 0 Å². The van der Waals surface area contributed by atoms with Crippen molar-refractivity contribution in [3.05, 3.63) is 0 Å². The number of nitrogens with one attached hydrogen (secondary N) is 2. The highest BCUT2D eigenvalue weighted by atomic mass is 16.4. The van der Waals surface area contributed by atoms with E-state index >= 15 is 0 Å². The van der Waals surface area contributed by atoms with E-state index in [4.69, 9.17) is 5.11 Å². The number of amides is 2. The van der Waals surface area contributed by atoms with Gasteiger partial charge in [0.2, 0.25) is 0 Å². The van der Waals surface area contributed by atoms with E-state index in [-0.39, 0.29) is 18.5 Å². The van der Waals surface area contributed by atoms with Crippen molar-refractivity contribution in [1.82, 2.24) is 15.5 Å². The molecule has 21 heavy (non-hydrogen) atoms. The molecular formula is C15H31N3O3. The van der Waals surface area contributed by atoms with Crippen molar-refractivity contribution in [2.24, 2.45) is 0 Å². The molecule has 0 heterocycles. The van der Waals surface area contributed by atoms with E-state index in [9.17, 15) is 9.59 Å². The lowest BCUT2D eigenvalue weighted by atomic mass is 10.1. The van der Waals surface area contributed by atoms with Crippen LogP contribution in [0.4, 0.5) is 4.79 Å². The van der Waals surface area contributed by atoms with Crippen LogP contribution in [-0.2, 0) is 4.79 Å². The number of carboxylic acids is 1. The van der Waals surface area contributed by atoms with Crippen molar-refractivity contribution in [3.8, 4) is 0 Å². The molecule has 0 fully saturated rings. The fourth-order valence-electron chi connectivity index (χ4n) is 2.32. The largest absolute Gasteiger partial charge is 0.481 e. The summed E-state index contributed by atoms with van der Waals surface area (Å²) < 4.78 is 0. The number of urea groups is 1. The Morgan fingerprint density at radius 1 is 1.10 bits per heavy atom. The van der Waals surface area contributed by atoms with Crippen LogP contribution in [0.3, 0.4) is 0 Å². The highest BCUT2D eigenvalue weighted by Gasteiger charge is 2.13. The highest BCUT2D eigenvalue weighted by molar-refractivity contribution is 5.74. The summed E-state index contributed by atoms with van der Waals surface area (Å²) in [7, 11) is 0. The molecule has 1 atom stereocenters. The summed E-state index contributed by atoms with van der Waals surface area (Å²) >= 11 is 0. The van der Waals surface area contributed by atoms with Gasteiger partial charge < -0.3 is 15.7 Å². The van der Waals surface area contributed by atoms with Crippen molar-refractivity contribution >= 4 is 12.0 Å². The Morgan fingerprint density at radius 2 is 1.67 bits per heavy atom. The van der Waals surface area contributed by atoms with Gasteiger partial charge in [0, 0.05) is 37.6 Å². The lowest BCUT2D eigenvalue weighted by Crippen LogP contribution is -2.46. The fraction of sp³-hybridized carbons (Fsp3) is 0.867. The summed E-state index contributed by atoms with van der Waals surface area (Å²) in [6.45, 7) is 11.9. The van der Waals surface area contributed by atoms with Crippen LogP contribution in [0.25, 0.3) is 0 Å². The molecule has 6 heteroatoms. The average molecular weight is 301 g/mol. The second-order valence-corrected chi connectivity index (χ2v) is 6.01. The fourth-order valence-corrected chi connectivity index (χ4v) is 2.32. The quantitative estimate of drug-likeness (QED) is 0.577. The SMILES string of the molecule is CC(CCCC(=O)O)NC(=O)NCCN(C(C)C)C(C)C. The van der Waals surface area contributed by atoms with Crippen molar-refractivity contribution in [2.45, 2.75) is 72.0 Å². The molecule has 0 spiro atoms. The van der Waals surface area contributed by atoms with Crippen LogP contribution >= 0.6 is 0 Å². The van der Waals surface area contributed by atoms with Gasteiger partial charge in [-0.3, -0.25) is 9.69 Å². The molecule has 0 aromatic heterocycles. The monoisotopic (exact) mass is 301 g/mol. The van der Waals surface area contributed by atoms with Crippen molar-refractivity contribution in [2.75, 3.05) is 13.1 Å². The van der Waals surface area contributed by atoms with Crippen molar-refractivity contribution < 1.29 is 14.7 Å². The number of carboxylic acid groups (broad SMARTS) is 1. The van der Waals surface area contributed by atoms with Gasteiger partial charge in [-0.15, -0.1) is 0 Å². The molecule has 2 amide bonds. The molecular weight excluding hydrogens is 270 g/mol. The first-order valence-electron chi connectivity index (χ1n) is 7.76. The lowest BCUT2D eigenvalue weighted by molar-refractivity contribution is -0.137. The number of carbonyl (C=O) groups is 2. The second kappa shape index (κ2) is 10.4. The Morgan fingerprint density at radius 3 is 2.14 bits per heavy atom. The minimum atomic E-state index is -0.797. The Kier molecular flexibility index (Phi) is 9.78.